The molecule has 1 aliphatic heterocycles. The Hall–Kier alpha value is -3.84. The van der Waals surface area contributed by atoms with Crippen molar-refractivity contribution in [3.05, 3.63) is 52.0 Å². The highest BCUT2D eigenvalue weighted by Gasteiger charge is 2.36. The number of nitrogens with zero attached hydrogens (tertiary/aromatic N) is 2. The van der Waals surface area contributed by atoms with Crippen LogP contribution in [0, 0.1) is 23.2 Å². The number of aromatic nitrogens is 1. The number of aliphatic carboxylic acids is 1. The number of rotatable bonds is 18. The Morgan fingerprint density at radius 2 is 1.68 bits per heavy atom. The summed E-state index contributed by atoms with van der Waals surface area (Å²) in [6.45, 7) is 15.6. The molecule has 0 saturated carbocycles. The molecule has 1 aromatic heterocycles. The summed E-state index contributed by atoms with van der Waals surface area (Å²) in [5, 5.41) is 20.8. The van der Waals surface area contributed by atoms with Crippen molar-refractivity contribution < 1.29 is 33.8 Å². The van der Waals surface area contributed by atoms with Crippen LogP contribution >= 0.6 is 11.3 Å². The van der Waals surface area contributed by atoms with Crippen LogP contribution in [0.15, 0.2) is 35.7 Å². The van der Waals surface area contributed by atoms with E-state index in [0.717, 1.165) is 31.4 Å². The van der Waals surface area contributed by atoms with Crippen molar-refractivity contribution in [1.29, 1.82) is 0 Å². The molecule has 4 N–H and O–H groups in total. The van der Waals surface area contributed by atoms with Gasteiger partial charge in [0.1, 0.15) is 16.7 Å². The lowest BCUT2D eigenvalue weighted by molar-refractivity contribution is -0.160. The number of carboxylic acids is 1. The van der Waals surface area contributed by atoms with Gasteiger partial charge in [0, 0.05) is 23.9 Å². The summed E-state index contributed by atoms with van der Waals surface area (Å²) in [5.74, 6) is -3.20. The Bertz CT molecular complexity index is 1520. The third kappa shape index (κ3) is 13.2. The summed E-state index contributed by atoms with van der Waals surface area (Å²) in [4.78, 5) is 72.5. The summed E-state index contributed by atoms with van der Waals surface area (Å²) < 4.78 is 6.07. The fourth-order valence-corrected chi connectivity index (χ4v) is 7.12. The van der Waals surface area contributed by atoms with Crippen molar-refractivity contribution in [2.24, 2.45) is 23.2 Å². The highest BCUT2D eigenvalue weighted by atomic mass is 32.1. The molecule has 0 bridgehead atoms. The first-order valence-electron chi connectivity index (χ1n) is 19.0. The topological polar surface area (TPSA) is 167 Å². The third-order valence-corrected chi connectivity index (χ3v) is 11.0. The van der Waals surface area contributed by atoms with E-state index < -0.39 is 53.4 Å². The number of ether oxygens (including phenoxy) is 1. The van der Waals surface area contributed by atoms with E-state index in [1.54, 1.807) is 33.1 Å². The lowest BCUT2D eigenvalue weighted by Gasteiger charge is -2.34. The summed E-state index contributed by atoms with van der Waals surface area (Å²) >= 11 is 1.18. The Labute approximate surface area is 319 Å². The van der Waals surface area contributed by atoms with Crippen LogP contribution in [0.2, 0.25) is 0 Å². The van der Waals surface area contributed by atoms with E-state index in [4.69, 9.17) is 4.74 Å². The molecule has 2 heterocycles. The number of hydrogen-bond acceptors (Lipinski definition) is 9. The van der Waals surface area contributed by atoms with E-state index in [1.807, 2.05) is 70.0 Å². The zero-order valence-corrected chi connectivity index (χ0v) is 33.8. The van der Waals surface area contributed by atoms with Gasteiger partial charge < -0.3 is 25.8 Å². The van der Waals surface area contributed by atoms with Gasteiger partial charge in [-0.1, -0.05) is 77.8 Å². The second kappa shape index (κ2) is 20.0. The number of benzene rings is 1. The quantitative estimate of drug-likeness (QED) is 0.138. The number of piperidine rings is 1. The first kappa shape index (κ1) is 43.6. The predicted octanol–water partition coefficient (Wildman–Crippen LogP) is 5.77. The number of amides is 3. The molecule has 0 radical (unpaired) electrons. The van der Waals surface area contributed by atoms with Gasteiger partial charge in [-0.05, 0) is 77.4 Å². The number of likely N-dealkylation sites (N-methyl/N-ethyl adjacent to an activating group) is 1. The van der Waals surface area contributed by atoms with Crippen LogP contribution in [0.1, 0.15) is 121 Å². The third-order valence-electron chi connectivity index (χ3n) is 10.1. The van der Waals surface area contributed by atoms with Gasteiger partial charge in [0.2, 0.25) is 11.8 Å². The molecular formula is C40H61N5O7S. The van der Waals surface area contributed by atoms with Crippen molar-refractivity contribution in [2.45, 2.75) is 131 Å². The van der Waals surface area contributed by atoms with E-state index in [-0.39, 0.29) is 48.2 Å². The van der Waals surface area contributed by atoms with Crippen LogP contribution in [0.5, 0.6) is 0 Å². The average molecular weight is 756 g/mol. The minimum atomic E-state index is -0.946. The van der Waals surface area contributed by atoms with Crippen LogP contribution in [0.4, 0.5) is 0 Å². The van der Waals surface area contributed by atoms with Crippen LogP contribution in [-0.2, 0) is 30.3 Å². The Balaban J connectivity index is 1.84. The lowest BCUT2D eigenvalue weighted by atomic mass is 9.93. The van der Waals surface area contributed by atoms with Gasteiger partial charge >= 0.3 is 11.9 Å². The number of nitrogens with one attached hydrogen (secondary N) is 3. The highest BCUT2D eigenvalue weighted by Crippen LogP contribution is 2.31. The lowest BCUT2D eigenvalue weighted by Crippen LogP contribution is -2.57. The smallest absolute Gasteiger partial charge is 0.311 e. The monoisotopic (exact) mass is 755 g/mol. The fraction of sp³-hybridized carbons (Fsp3) is 0.650. The first-order chi connectivity index (χ1) is 24.9. The minimum absolute atomic E-state index is 0.0785. The van der Waals surface area contributed by atoms with Gasteiger partial charge in [0.25, 0.3) is 5.91 Å². The van der Waals surface area contributed by atoms with Gasteiger partial charge in [0.05, 0.1) is 17.4 Å². The molecule has 2 aromatic rings. The first-order valence-corrected chi connectivity index (χ1v) is 19.8. The second-order valence-electron chi connectivity index (χ2n) is 16.0. The summed E-state index contributed by atoms with van der Waals surface area (Å²) in [6, 6.07) is 7.58. The molecule has 1 fully saturated rings. The molecule has 7 atom stereocenters. The van der Waals surface area contributed by atoms with E-state index in [2.05, 4.69) is 20.9 Å². The molecule has 3 rings (SSSR count). The van der Waals surface area contributed by atoms with Crippen molar-refractivity contribution in [1.82, 2.24) is 25.8 Å². The highest BCUT2D eigenvalue weighted by molar-refractivity contribution is 7.09. The second-order valence-corrected chi connectivity index (χ2v) is 16.9. The largest absolute Gasteiger partial charge is 0.481 e. The maximum Gasteiger partial charge on any atom is 0.311 e. The molecule has 12 nitrogen and oxygen atoms in total. The van der Waals surface area contributed by atoms with Crippen molar-refractivity contribution in [2.75, 3.05) is 13.6 Å². The molecular weight excluding hydrogens is 695 g/mol. The predicted molar refractivity (Wildman–Crippen MR) is 206 cm³/mol. The normalized spacial score (nSPS) is 18.6. The van der Waals surface area contributed by atoms with Crippen LogP contribution < -0.4 is 16.0 Å². The Kier molecular flexibility index (Phi) is 16.4. The fourth-order valence-electron chi connectivity index (χ4n) is 6.28. The molecule has 1 aliphatic rings. The number of carbonyl (C=O) groups excluding carboxylic acids is 4. The Morgan fingerprint density at radius 1 is 1.00 bits per heavy atom. The van der Waals surface area contributed by atoms with E-state index >= 15 is 0 Å². The number of thiazole rings is 1. The molecule has 1 saturated heterocycles. The van der Waals surface area contributed by atoms with Gasteiger partial charge in [-0.3, -0.25) is 28.9 Å². The average Bonchev–Trinajstić information content (AvgIpc) is 3.60. The maximum absolute atomic E-state index is 14.0. The SMILES string of the molecule is CC[C@H](C)[C@H](NC(=O)[C@H]1CCCCN1C)C(=O)N[C@H](C[C@@H](OC(=O)C(C)(C)C)c1nc(C(=O)N[C@@H](Cc2ccccc2)C[C@H](C)C(=O)O)cs1)C(C)C. The van der Waals surface area contributed by atoms with Crippen molar-refractivity contribution >= 4 is 41.0 Å². The maximum atomic E-state index is 14.0. The van der Waals surface area contributed by atoms with Gasteiger partial charge in [-0.15, -0.1) is 11.3 Å². The summed E-state index contributed by atoms with van der Waals surface area (Å²) in [5.41, 5.74) is 0.262. The number of carbonyl (C=O) groups is 5. The molecule has 13 heteroatoms. The van der Waals surface area contributed by atoms with Crippen molar-refractivity contribution in [3.8, 4) is 0 Å². The van der Waals surface area contributed by atoms with Crippen LogP contribution in [0.3, 0.4) is 0 Å². The molecule has 0 spiro atoms. The minimum Gasteiger partial charge on any atom is -0.481 e. The van der Waals surface area contributed by atoms with Gasteiger partial charge in [0.15, 0.2) is 6.10 Å². The molecule has 3 amide bonds. The number of hydrogen-bond donors (Lipinski definition) is 4. The standard InChI is InChI=1S/C40H61N5O7S/c1-10-25(4)33(44-35(47)31-18-14-15-19-45(31)9)36(48)42-29(24(2)3)22-32(52-39(51)40(6,7)8)37-43-30(23-53-37)34(46)41-28(20-26(5)38(49)50)21-27-16-12-11-13-17-27/h11-13,16-17,23-26,28-29,31-33H,10,14-15,18-22H2,1-9H3,(H,41,46)(H,42,48)(H,44,47)(H,49,50)/t25-,26-,28+,29+,31+,32+,33-/m0/s1. The van der Waals surface area contributed by atoms with E-state index in [1.165, 1.54) is 11.3 Å². The molecule has 1 aromatic carbocycles. The van der Waals surface area contributed by atoms with E-state index in [0.29, 0.717) is 17.8 Å². The summed E-state index contributed by atoms with van der Waals surface area (Å²) in [6.07, 6.45) is 3.42. The number of likely N-dealkylation sites (tertiary alicyclic amines) is 1. The molecule has 0 aliphatic carbocycles. The number of esters is 1. The van der Waals surface area contributed by atoms with E-state index in [9.17, 15) is 29.1 Å². The molecule has 53 heavy (non-hydrogen) atoms. The van der Waals surface area contributed by atoms with Crippen LogP contribution in [0.25, 0.3) is 0 Å². The van der Waals surface area contributed by atoms with Crippen molar-refractivity contribution in [3.63, 3.8) is 0 Å². The zero-order chi connectivity index (χ0) is 39.5. The molecule has 294 valence electrons. The van der Waals surface area contributed by atoms with Gasteiger partial charge in [-0.25, -0.2) is 4.98 Å². The molecule has 0 unspecified atom stereocenters. The number of carboxylic acid groups (broad SMARTS) is 1. The van der Waals surface area contributed by atoms with Crippen LogP contribution in [-0.4, -0.2) is 82.4 Å². The van der Waals surface area contributed by atoms with Gasteiger partial charge in [-0.2, -0.15) is 0 Å². The summed E-state index contributed by atoms with van der Waals surface area (Å²) in [7, 11) is 1.94. The zero-order valence-electron chi connectivity index (χ0n) is 32.9. The Morgan fingerprint density at radius 3 is 2.26 bits per heavy atom.